The van der Waals surface area contributed by atoms with Crippen LogP contribution in [0.25, 0.3) is 0 Å². The Balaban J connectivity index is 2.56. The van der Waals surface area contributed by atoms with Crippen molar-refractivity contribution in [2.45, 2.75) is 20.4 Å². The second-order valence-electron chi connectivity index (χ2n) is 4.32. The number of nitrogens with one attached hydrogen (secondary N) is 2. The van der Waals surface area contributed by atoms with E-state index in [9.17, 15) is 14.4 Å². The van der Waals surface area contributed by atoms with E-state index in [2.05, 4.69) is 10.6 Å². The molecule has 0 heterocycles. The number of carbonyl (C=O) groups excluding carboxylic acids is 2. The zero-order chi connectivity index (χ0) is 16.0. The van der Waals surface area contributed by atoms with Crippen molar-refractivity contribution in [3.05, 3.63) is 46.0 Å². The Labute approximate surface area is 126 Å². The fraction of sp³-hybridized carbons (Fsp3) is 0.214. The number of carbonyl (C=O) groups is 3. The van der Waals surface area contributed by atoms with Crippen LogP contribution in [0, 0.1) is 0 Å². The molecule has 0 aliphatic carbocycles. The molecule has 0 unspecified atom stereocenters. The third-order valence-corrected chi connectivity index (χ3v) is 3.03. The van der Waals surface area contributed by atoms with Crippen LogP contribution in [0.1, 0.15) is 19.4 Å². The van der Waals surface area contributed by atoms with Gasteiger partial charge in [0.1, 0.15) is 0 Å². The molecule has 0 bridgehead atoms. The number of carboxylic acid groups (broad SMARTS) is 1. The van der Waals surface area contributed by atoms with Gasteiger partial charge in [-0.25, -0.2) is 9.59 Å². The average Bonchev–Trinajstić information content (AvgIpc) is 2.43. The van der Waals surface area contributed by atoms with E-state index >= 15 is 0 Å². The fourth-order valence-electron chi connectivity index (χ4n) is 1.40. The zero-order valence-corrected chi connectivity index (χ0v) is 12.3. The van der Waals surface area contributed by atoms with Crippen LogP contribution in [0.4, 0.5) is 4.79 Å². The van der Waals surface area contributed by atoms with Gasteiger partial charge >= 0.3 is 12.0 Å². The lowest BCUT2D eigenvalue weighted by Crippen LogP contribution is -2.39. The monoisotopic (exact) mass is 310 g/mol. The van der Waals surface area contributed by atoms with E-state index in [0.29, 0.717) is 5.02 Å². The predicted molar refractivity (Wildman–Crippen MR) is 77.8 cm³/mol. The third-order valence-electron chi connectivity index (χ3n) is 2.79. The van der Waals surface area contributed by atoms with Gasteiger partial charge in [-0.3, -0.25) is 10.1 Å². The highest BCUT2D eigenvalue weighted by atomic mass is 35.5. The van der Waals surface area contributed by atoms with Gasteiger partial charge in [0, 0.05) is 22.7 Å². The molecule has 0 fully saturated rings. The first-order valence-corrected chi connectivity index (χ1v) is 6.43. The Morgan fingerprint density at radius 1 is 1.19 bits per heavy atom. The van der Waals surface area contributed by atoms with Gasteiger partial charge in [0.05, 0.1) is 0 Å². The topological polar surface area (TPSA) is 95.5 Å². The molecule has 0 aromatic heterocycles. The van der Waals surface area contributed by atoms with E-state index in [1.807, 2.05) is 0 Å². The average molecular weight is 311 g/mol. The van der Waals surface area contributed by atoms with Crippen LogP contribution < -0.4 is 10.6 Å². The Hall–Kier alpha value is -2.34. The Morgan fingerprint density at radius 3 is 2.43 bits per heavy atom. The standard InChI is InChI=1S/C14H15ClN2O4/c1-8(9(2)13(19)20)12(18)17-14(21)16-7-10-4-3-5-11(15)6-10/h3-6H,7H2,1-2H3,(H,19,20)(H2,16,17,18,21). The quantitative estimate of drug-likeness (QED) is 0.742. The van der Waals surface area contributed by atoms with E-state index in [4.69, 9.17) is 16.7 Å². The van der Waals surface area contributed by atoms with Gasteiger partial charge in [-0.2, -0.15) is 0 Å². The zero-order valence-electron chi connectivity index (χ0n) is 11.6. The highest BCUT2D eigenvalue weighted by Crippen LogP contribution is 2.10. The SMILES string of the molecule is CC(C(=O)O)=C(C)C(=O)NC(=O)NCc1cccc(Cl)c1. The largest absolute Gasteiger partial charge is 0.478 e. The molecule has 7 heteroatoms. The molecule has 112 valence electrons. The summed E-state index contributed by atoms with van der Waals surface area (Å²) >= 11 is 5.81. The van der Waals surface area contributed by atoms with Crippen LogP contribution in [0.5, 0.6) is 0 Å². The molecule has 0 spiro atoms. The molecule has 3 amide bonds. The Bertz CT molecular complexity index is 611. The number of carboxylic acids is 1. The van der Waals surface area contributed by atoms with Crippen molar-refractivity contribution in [3.8, 4) is 0 Å². The molecular weight excluding hydrogens is 296 g/mol. The molecule has 0 atom stereocenters. The maximum absolute atomic E-state index is 11.7. The molecule has 0 saturated heterocycles. The molecule has 6 nitrogen and oxygen atoms in total. The maximum atomic E-state index is 11.7. The second-order valence-corrected chi connectivity index (χ2v) is 4.76. The number of hydrogen-bond donors (Lipinski definition) is 3. The second kappa shape index (κ2) is 7.44. The molecule has 3 N–H and O–H groups in total. The summed E-state index contributed by atoms with van der Waals surface area (Å²) in [6.07, 6.45) is 0. The summed E-state index contributed by atoms with van der Waals surface area (Å²) in [4.78, 5) is 33.9. The van der Waals surface area contributed by atoms with Crippen LogP contribution in [0.3, 0.4) is 0 Å². The van der Waals surface area contributed by atoms with E-state index in [-0.39, 0.29) is 17.7 Å². The first-order valence-electron chi connectivity index (χ1n) is 6.05. The molecule has 0 radical (unpaired) electrons. The number of amides is 3. The molecule has 0 saturated carbocycles. The molecular formula is C14H15ClN2O4. The van der Waals surface area contributed by atoms with Crippen LogP contribution in [0.15, 0.2) is 35.4 Å². The van der Waals surface area contributed by atoms with Crippen molar-refractivity contribution >= 4 is 29.5 Å². The minimum atomic E-state index is -1.21. The van der Waals surface area contributed by atoms with Crippen LogP contribution in [0.2, 0.25) is 5.02 Å². The van der Waals surface area contributed by atoms with Crippen LogP contribution in [-0.4, -0.2) is 23.0 Å². The van der Waals surface area contributed by atoms with E-state index < -0.39 is 17.9 Å². The molecule has 0 aliphatic rings. The van der Waals surface area contributed by atoms with Crippen molar-refractivity contribution < 1.29 is 19.5 Å². The van der Waals surface area contributed by atoms with E-state index in [1.54, 1.807) is 24.3 Å². The van der Waals surface area contributed by atoms with E-state index in [1.165, 1.54) is 13.8 Å². The summed E-state index contributed by atoms with van der Waals surface area (Å²) in [6.45, 7) is 2.82. The van der Waals surface area contributed by atoms with Crippen molar-refractivity contribution in [2.75, 3.05) is 0 Å². The van der Waals surface area contributed by atoms with Gasteiger partial charge < -0.3 is 10.4 Å². The third kappa shape index (κ3) is 5.27. The van der Waals surface area contributed by atoms with Gasteiger partial charge in [0.2, 0.25) is 0 Å². The van der Waals surface area contributed by atoms with Crippen molar-refractivity contribution in [1.82, 2.24) is 10.6 Å². The first-order chi connectivity index (χ1) is 9.81. The highest BCUT2D eigenvalue weighted by molar-refractivity contribution is 6.30. The van der Waals surface area contributed by atoms with Crippen molar-refractivity contribution in [1.29, 1.82) is 0 Å². The maximum Gasteiger partial charge on any atom is 0.331 e. The van der Waals surface area contributed by atoms with Crippen LogP contribution >= 0.6 is 11.6 Å². The molecule has 1 aromatic rings. The fourth-order valence-corrected chi connectivity index (χ4v) is 1.61. The van der Waals surface area contributed by atoms with Crippen LogP contribution in [-0.2, 0) is 16.1 Å². The summed E-state index contributed by atoms with van der Waals surface area (Å²) in [5.41, 5.74) is 0.634. The molecule has 0 aliphatic heterocycles. The van der Waals surface area contributed by atoms with Gasteiger partial charge in [0.15, 0.2) is 0 Å². The summed E-state index contributed by atoms with van der Waals surface area (Å²) in [7, 11) is 0. The lowest BCUT2D eigenvalue weighted by Gasteiger charge is -2.08. The van der Waals surface area contributed by atoms with Gasteiger partial charge in [-0.05, 0) is 31.5 Å². The van der Waals surface area contributed by atoms with Gasteiger partial charge in [-0.1, -0.05) is 23.7 Å². The number of hydrogen-bond acceptors (Lipinski definition) is 3. The first kappa shape index (κ1) is 16.7. The Morgan fingerprint density at radius 2 is 1.86 bits per heavy atom. The normalized spacial score (nSPS) is 11.4. The lowest BCUT2D eigenvalue weighted by molar-refractivity contribution is -0.133. The summed E-state index contributed by atoms with van der Waals surface area (Å²) in [6, 6.07) is 6.19. The number of rotatable bonds is 4. The molecule has 21 heavy (non-hydrogen) atoms. The summed E-state index contributed by atoms with van der Waals surface area (Å²) in [5.74, 6) is -1.96. The Kier molecular flexibility index (Phi) is 5.92. The number of halogens is 1. The molecule has 1 aromatic carbocycles. The highest BCUT2D eigenvalue weighted by Gasteiger charge is 2.14. The molecule has 1 rings (SSSR count). The minimum absolute atomic E-state index is 0.0274. The number of urea groups is 1. The summed E-state index contributed by atoms with van der Waals surface area (Å²) in [5, 5.41) is 13.8. The van der Waals surface area contributed by atoms with Crippen molar-refractivity contribution in [2.24, 2.45) is 0 Å². The summed E-state index contributed by atoms with van der Waals surface area (Å²) < 4.78 is 0. The van der Waals surface area contributed by atoms with E-state index in [0.717, 1.165) is 5.56 Å². The predicted octanol–water partition coefficient (Wildman–Crippen LogP) is 2.09. The van der Waals surface area contributed by atoms with Gasteiger partial charge in [0.25, 0.3) is 5.91 Å². The smallest absolute Gasteiger partial charge is 0.331 e. The van der Waals surface area contributed by atoms with Crippen molar-refractivity contribution in [3.63, 3.8) is 0 Å². The minimum Gasteiger partial charge on any atom is -0.478 e. The number of aliphatic carboxylic acids is 1. The number of imide groups is 1. The number of benzene rings is 1. The lowest BCUT2D eigenvalue weighted by atomic mass is 10.1. The van der Waals surface area contributed by atoms with Gasteiger partial charge in [-0.15, -0.1) is 0 Å².